The fraction of sp³-hybridized carbons (Fsp3) is 0.375. The number of carbonyl (C=O) groups excluding carboxylic acids is 1. The number of aromatic nitrogens is 1. The molecule has 1 aromatic heterocycles. The lowest BCUT2D eigenvalue weighted by Crippen LogP contribution is -2.30. The number of fused-ring (bicyclic) bond motifs is 1. The molecule has 0 saturated heterocycles. The van der Waals surface area contributed by atoms with Crippen molar-refractivity contribution in [1.82, 2.24) is 10.3 Å². The second kappa shape index (κ2) is 5.96. The summed E-state index contributed by atoms with van der Waals surface area (Å²) in [5.74, 6) is 0.761. The van der Waals surface area contributed by atoms with E-state index in [9.17, 15) is 4.79 Å². The third-order valence-corrected chi connectivity index (χ3v) is 4.97. The fourth-order valence-corrected chi connectivity index (χ4v) is 3.66. The summed E-state index contributed by atoms with van der Waals surface area (Å²) in [7, 11) is 1.67. The molecule has 1 atom stereocenters. The van der Waals surface area contributed by atoms with Crippen LogP contribution < -0.4 is 15.8 Å². The topological polar surface area (TPSA) is 77.2 Å². The highest BCUT2D eigenvalue weighted by Crippen LogP contribution is 2.32. The maximum Gasteiger partial charge on any atom is 0.263 e. The van der Waals surface area contributed by atoms with Crippen molar-refractivity contribution in [3.63, 3.8) is 0 Å². The smallest absolute Gasteiger partial charge is 0.263 e. The number of ether oxygens (including phenoxy) is 1. The molecule has 0 spiro atoms. The number of nitrogen functional groups attached to an aromatic ring is 1. The number of benzene rings is 1. The summed E-state index contributed by atoms with van der Waals surface area (Å²) in [6.45, 7) is 1.81. The number of hydrogen-bond acceptors (Lipinski definition) is 5. The van der Waals surface area contributed by atoms with Gasteiger partial charge in [0.05, 0.1) is 18.8 Å². The van der Waals surface area contributed by atoms with Crippen molar-refractivity contribution < 1.29 is 9.53 Å². The van der Waals surface area contributed by atoms with Crippen LogP contribution in [0.3, 0.4) is 0 Å². The Morgan fingerprint density at radius 2 is 2.32 bits per heavy atom. The van der Waals surface area contributed by atoms with Gasteiger partial charge in [-0.25, -0.2) is 4.98 Å². The number of nitrogens with one attached hydrogen (secondary N) is 1. The fourth-order valence-electron chi connectivity index (χ4n) is 2.92. The lowest BCUT2D eigenvalue weighted by molar-refractivity contribution is 0.0936. The van der Waals surface area contributed by atoms with Crippen LogP contribution in [-0.4, -0.2) is 18.0 Å². The minimum atomic E-state index is -0.0969. The van der Waals surface area contributed by atoms with Gasteiger partial charge in [0.15, 0.2) is 5.13 Å². The number of amides is 1. The number of carbonyl (C=O) groups is 1. The van der Waals surface area contributed by atoms with Crippen molar-refractivity contribution in [2.24, 2.45) is 0 Å². The van der Waals surface area contributed by atoms with Crippen molar-refractivity contribution in [2.75, 3.05) is 12.8 Å². The summed E-state index contributed by atoms with van der Waals surface area (Å²) >= 11 is 1.23. The van der Waals surface area contributed by atoms with E-state index >= 15 is 0 Å². The Morgan fingerprint density at radius 1 is 1.50 bits per heavy atom. The molecule has 5 nitrogen and oxygen atoms in total. The molecule has 0 radical (unpaired) electrons. The Labute approximate surface area is 133 Å². The number of methoxy groups -OCH3 is 1. The molecule has 3 N–H and O–H groups in total. The van der Waals surface area contributed by atoms with Gasteiger partial charge in [-0.2, -0.15) is 0 Å². The largest absolute Gasteiger partial charge is 0.497 e. The van der Waals surface area contributed by atoms with Gasteiger partial charge in [-0.05, 0) is 49.4 Å². The van der Waals surface area contributed by atoms with Crippen LogP contribution in [0.2, 0.25) is 0 Å². The number of anilines is 1. The first-order valence-electron chi connectivity index (χ1n) is 7.29. The van der Waals surface area contributed by atoms with Gasteiger partial charge in [0.25, 0.3) is 5.91 Å². The van der Waals surface area contributed by atoms with Crippen molar-refractivity contribution in [2.45, 2.75) is 32.2 Å². The Hall–Kier alpha value is -2.08. The van der Waals surface area contributed by atoms with E-state index < -0.39 is 0 Å². The molecule has 22 heavy (non-hydrogen) atoms. The molecule has 1 heterocycles. The quantitative estimate of drug-likeness (QED) is 0.912. The van der Waals surface area contributed by atoms with E-state index in [0.29, 0.717) is 15.7 Å². The zero-order valence-electron chi connectivity index (χ0n) is 12.7. The summed E-state index contributed by atoms with van der Waals surface area (Å²) in [6, 6.07) is 6.08. The maximum atomic E-state index is 12.5. The molecule has 2 aromatic rings. The standard InChI is InChI=1S/C16H19N3O2S/c1-9-14(22-16(17)18-9)15(20)19-13-5-3-4-10-8-11(21-2)6-7-12(10)13/h6-8,13H,3-5H2,1-2H3,(H2,17,18)(H,19,20). The highest BCUT2D eigenvalue weighted by Gasteiger charge is 2.24. The Kier molecular flexibility index (Phi) is 4.02. The second-order valence-corrected chi connectivity index (χ2v) is 6.48. The first-order valence-corrected chi connectivity index (χ1v) is 8.10. The van der Waals surface area contributed by atoms with Crippen LogP contribution in [0.4, 0.5) is 5.13 Å². The minimum absolute atomic E-state index is 0.0323. The van der Waals surface area contributed by atoms with E-state index in [4.69, 9.17) is 10.5 Å². The molecule has 1 aliphatic rings. The van der Waals surface area contributed by atoms with Crippen molar-refractivity contribution >= 4 is 22.4 Å². The third-order valence-electron chi connectivity index (χ3n) is 3.99. The number of thiazole rings is 1. The minimum Gasteiger partial charge on any atom is -0.497 e. The highest BCUT2D eigenvalue weighted by atomic mass is 32.1. The van der Waals surface area contributed by atoms with Crippen molar-refractivity contribution in [3.8, 4) is 5.75 Å². The van der Waals surface area contributed by atoms with Gasteiger partial charge in [0.2, 0.25) is 0 Å². The van der Waals surface area contributed by atoms with Gasteiger partial charge in [0, 0.05) is 0 Å². The van der Waals surface area contributed by atoms with Crippen LogP contribution >= 0.6 is 11.3 Å². The lowest BCUT2D eigenvalue weighted by atomic mass is 9.87. The molecular weight excluding hydrogens is 298 g/mol. The van der Waals surface area contributed by atoms with Crippen molar-refractivity contribution in [3.05, 3.63) is 39.9 Å². The van der Waals surface area contributed by atoms with Crippen LogP contribution in [0.25, 0.3) is 0 Å². The number of rotatable bonds is 3. The Morgan fingerprint density at radius 3 is 3.00 bits per heavy atom. The Bertz CT molecular complexity index is 711. The maximum absolute atomic E-state index is 12.5. The zero-order chi connectivity index (χ0) is 15.7. The molecule has 0 saturated carbocycles. The van der Waals surface area contributed by atoms with Gasteiger partial charge < -0.3 is 15.8 Å². The molecule has 1 unspecified atom stereocenters. The molecule has 0 fully saturated rings. The van der Waals surface area contributed by atoms with Crippen LogP contribution in [0, 0.1) is 6.92 Å². The van der Waals surface area contributed by atoms with Crippen LogP contribution in [0.5, 0.6) is 5.75 Å². The average molecular weight is 317 g/mol. The molecule has 0 aliphatic heterocycles. The normalized spacial score (nSPS) is 16.9. The van der Waals surface area contributed by atoms with E-state index in [-0.39, 0.29) is 11.9 Å². The van der Waals surface area contributed by atoms with E-state index in [0.717, 1.165) is 25.0 Å². The summed E-state index contributed by atoms with van der Waals surface area (Å²) in [5.41, 5.74) is 8.78. The van der Waals surface area contributed by atoms with Gasteiger partial charge >= 0.3 is 0 Å². The van der Waals surface area contributed by atoms with E-state index in [1.807, 2.05) is 12.1 Å². The van der Waals surface area contributed by atoms with E-state index in [1.54, 1.807) is 14.0 Å². The first-order chi connectivity index (χ1) is 10.6. The van der Waals surface area contributed by atoms with Crippen LogP contribution in [0.15, 0.2) is 18.2 Å². The molecular formula is C16H19N3O2S. The Balaban J connectivity index is 1.82. The molecule has 1 amide bonds. The predicted octanol–water partition coefficient (Wildman–Crippen LogP) is 2.85. The lowest BCUT2D eigenvalue weighted by Gasteiger charge is -2.26. The SMILES string of the molecule is COc1ccc2c(c1)CCCC2NC(=O)c1sc(N)nc1C. The van der Waals surface area contributed by atoms with E-state index in [1.165, 1.54) is 22.5 Å². The number of nitrogens with zero attached hydrogens (tertiary/aromatic N) is 1. The molecule has 116 valence electrons. The summed E-state index contributed by atoms with van der Waals surface area (Å²) in [4.78, 5) is 17.2. The highest BCUT2D eigenvalue weighted by molar-refractivity contribution is 7.17. The van der Waals surface area contributed by atoms with Crippen LogP contribution in [0.1, 0.15) is 45.4 Å². The zero-order valence-corrected chi connectivity index (χ0v) is 13.5. The summed E-state index contributed by atoms with van der Waals surface area (Å²) < 4.78 is 5.28. The number of nitrogens with two attached hydrogens (primary N) is 1. The van der Waals surface area contributed by atoms with Crippen molar-refractivity contribution in [1.29, 1.82) is 0 Å². The van der Waals surface area contributed by atoms with Crippen LogP contribution in [-0.2, 0) is 6.42 Å². The summed E-state index contributed by atoms with van der Waals surface area (Å²) in [5, 5.41) is 3.55. The predicted molar refractivity (Wildman–Crippen MR) is 87.4 cm³/mol. The third kappa shape index (κ3) is 2.78. The molecule has 6 heteroatoms. The van der Waals surface area contributed by atoms with Gasteiger partial charge in [-0.15, -0.1) is 0 Å². The second-order valence-electron chi connectivity index (χ2n) is 5.45. The molecule has 0 bridgehead atoms. The van der Waals surface area contributed by atoms with Gasteiger partial charge in [-0.3, -0.25) is 4.79 Å². The molecule has 1 aromatic carbocycles. The summed E-state index contributed by atoms with van der Waals surface area (Å²) in [6.07, 6.45) is 3.01. The monoisotopic (exact) mass is 317 g/mol. The van der Waals surface area contributed by atoms with E-state index in [2.05, 4.69) is 16.4 Å². The molecule has 1 aliphatic carbocycles. The molecule has 3 rings (SSSR count). The first kappa shape index (κ1) is 14.8. The average Bonchev–Trinajstić information content (AvgIpc) is 2.85. The van der Waals surface area contributed by atoms with Gasteiger partial charge in [0.1, 0.15) is 10.6 Å². The number of hydrogen-bond donors (Lipinski definition) is 2. The van der Waals surface area contributed by atoms with Gasteiger partial charge in [-0.1, -0.05) is 17.4 Å². The number of aryl methyl sites for hydroxylation is 2.